The fourth-order valence-electron chi connectivity index (χ4n) is 3.18. The van der Waals surface area contributed by atoms with Gasteiger partial charge in [-0.3, -0.25) is 9.78 Å². The van der Waals surface area contributed by atoms with Crippen LogP contribution in [0.25, 0.3) is 0 Å². The number of anilines is 1. The molecule has 0 saturated carbocycles. The summed E-state index contributed by atoms with van der Waals surface area (Å²) in [7, 11) is 0.602. The Morgan fingerprint density at radius 2 is 2.00 bits per heavy atom. The maximum atomic E-state index is 12.7. The van der Waals surface area contributed by atoms with Gasteiger partial charge in [0, 0.05) is 33.7 Å². The van der Waals surface area contributed by atoms with E-state index in [1.807, 2.05) is 23.9 Å². The fourth-order valence-corrected chi connectivity index (χ4v) is 4.09. The van der Waals surface area contributed by atoms with Crippen LogP contribution in [0.2, 0.25) is 0 Å². The van der Waals surface area contributed by atoms with E-state index >= 15 is 0 Å². The van der Waals surface area contributed by atoms with E-state index in [1.165, 1.54) is 10.6 Å². The molecule has 0 radical (unpaired) electrons. The SMILES string of the molecule is CN(C)c1cncc([C@@H]2CCCN2C(=O)C2CN(S(C)(=O)=O)C2)n1. The number of rotatable bonds is 4. The minimum absolute atomic E-state index is 0.0226. The highest BCUT2D eigenvalue weighted by atomic mass is 32.2. The molecule has 0 aromatic carbocycles. The first-order valence-electron chi connectivity index (χ1n) is 8.02. The molecule has 132 valence electrons. The Morgan fingerprint density at radius 1 is 1.29 bits per heavy atom. The molecule has 0 bridgehead atoms. The minimum atomic E-state index is -3.20. The van der Waals surface area contributed by atoms with Crippen molar-refractivity contribution in [1.82, 2.24) is 19.2 Å². The second-order valence-corrected chi connectivity index (χ2v) is 8.65. The predicted molar refractivity (Wildman–Crippen MR) is 90.0 cm³/mol. The van der Waals surface area contributed by atoms with Crippen molar-refractivity contribution in [2.75, 3.05) is 44.9 Å². The fraction of sp³-hybridized carbons (Fsp3) is 0.667. The summed E-state index contributed by atoms with van der Waals surface area (Å²) in [6.07, 6.45) is 6.37. The quantitative estimate of drug-likeness (QED) is 0.763. The molecule has 1 aromatic heterocycles. The molecule has 2 saturated heterocycles. The summed E-state index contributed by atoms with van der Waals surface area (Å²) in [6, 6.07) is -0.0721. The average Bonchev–Trinajstić information content (AvgIpc) is 2.93. The van der Waals surface area contributed by atoms with Crippen LogP contribution >= 0.6 is 0 Å². The van der Waals surface area contributed by atoms with Crippen molar-refractivity contribution in [3.8, 4) is 0 Å². The molecule has 1 aromatic rings. The first-order chi connectivity index (χ1) is 11.3. The van der Waals surface area contributed by atoms with Gasteiger partial charge in [0.15, 0.2) is 0 Å². The maximum Gasteiger partial charge on any atom is 0.228 e. The van der Waals surface area contributed by atoms with Crippen molar-refractivity contribution in [3.63, 3.8) is 0 Å². The van der Waals surface area contributed by atoms with Gasteiger partial charge >= 0.3 is 0 Å². The first-order valence-corrected chi connectivity index (χ1v) is 9.87. The molecule has 8 nitrogen and oxygen atoms in total. The van der Waals surface area contributed by atoms with Crippen molar-refractivity contribution in [1.29, 1.82) is 0 Å². The number of hydrogen-bond donors (Lipinski definition) is 0. The Morgan fingerprint density at radius 3 is 2.62 bits per heavy atom. The molecule has 3 heterocycles. The summed E-state index contributed by atoms with van der Waals surface area (Å²) in [5.74, 6) is 0.540. The summed E-state index contributed by atoms with van der Waals surface area (Å²) in [5.41, 5.74) is 0.798. The summed E-state index contributed by atoms with van der Waals surface area (Å²) in [4.78, 5) is 25.3. The zero-order valence-electron chi connectivity index (χ0n) is 14.2. The lowest BCUT2D eigenvalue weighted by molar-refractivity contribution is -0.140. The van der Waals surface area contributed by atoms with Crippen molar-refractivity contribution >= 4 is 21.7 Å². The Labute approximate surface area is 142 Å². The van der Waals surface area contributed by atoms with Crippen LogP contribution in [0, 0.1) is 5.92 Å². The first kappa shape index (κ1) is 17.1. The van der Waals surface area contributed by atoms with Gasteiger partial charge in [-0.1, -0.05) is 0 Å². The topological polar surface area (TPSA) is 86.7 Å². The standard InChI is InChI=1S/C15H23N5O3S/c1-18(2)14-8-16-7-12(17-14)13-5-4-6-20(13)15(21)11-9-19(10-11)24(3,22)23/h7-8,11,13H,4-6,9-10H2,1-3H3/t13-/m0/s1. The van der Waals surface area contributed by atoms with Gasteiger partial charge in [0.05, 0.1) is 36.3 Å². The number of nitrogens with zero attached hydrogens (tertiary/aromatic N) is 5. The van der Waals surface area contributed by atoms with Gasteiger partial charge in [-0.15, -0.1) is 0 Å². The lowest BCUT2D eigenvalue weighted by Gasteiger charge is -2.39. The van der Waals surface area contributed by atoms with Gasteiger partial charge in [0.1, 0.15) is 5.82 Å². The van der Waals surface area contributed by atoms with Crippen LogP contribution in [0.5, 0.6) is 0 Å². The normalized spacial score (nSPS) is 22.5. The van der Waals surface area contributed by atoms with Crippen LogP contribution in [0.1, 0.15) is 24.6 Å². The van der Waals surface area contributed by atoms with Crippen molar-refractivity contribution in [2.24, 2.45) is 5.92 Å². The molecule has 9 heteroatoms. The second kappa shape index (κ2) is 6.29. The number of aromatic nitrogens is 2. The lowest BCUT2D eigenvalue weighted by Crippen LogP contribution is -2.55. The Bertz CT molecular complexity index is 730. The lowest BCUT2D eigenvalue weighted by atomic mass is 10.0. The Hall–Kier alpha value is -1.74. The summed E-state index contributed by atoms with van der Waals surface area (Å²) in [6.45, 7) is 1.25. The monoisotopic (exact) mass is 353 g/mol. The Kier molecular flexibility index (Phi) is 4.48. The van der Waals surface area contributed by atoms with E-state index in [9.17, 15) is 13.2 Å². The number of sulfonamides is 1. The number of carbonyl (C=O) groups excluding carboxylic acids is 1. The molecule has 1 atom stereocenters. The highest BCUT2D eigenvalue weighted by Crippen LogP contribution is 2.34. The molecule has 0 aliphatic carbocycles. The molecule has 2 aliphatic rings. The molecule has 3 rings (SSSR count). The largest absolute Gasteiger partial charge is 0.361 e. The van der Waals surface area contributed by atoms with Gasteiger partial charge in [0.25, 0.3) is 0 Å². The summed E-state index contributed by atoms with van der Waals surface area (Å²) >= 11 is 0. The van der Waals surface area contributed by atoms with E-state index in [0.717, 1.165) is 24.4 Å². The molecule has 2 fully saturated rings. The zero-order chi connectivity index (χ0) is 17.5. The summed E-state index contributed by atoms with van der Waals surface area (Å²) < 4.78 is 24.3. The number of hydrogen-bond acceptors (Lipinski definition) is 6. The van der Waals surface area contributed by atoms with E-state index in [-0.39, 0.29) is 31.0 Å². The van der Waals surface area contributed by atoms with Gasteiger partial charge in [-0.25, -0.2) is 17.7 Å². The number of likely N-dealkylation sites (tertiary alicyclic amines) is 1. The van der Waals surface area contributed by atoms with Gasteiger partial charge < -0.3 is 9.80 Å². The third-order valence-electron chi connectivity index (χ3n) is 4.64. The van der Waals surface area contributed by atoms with E-state index in [1.54, 1.807) is 12.4 Å². The predicted octanol–water partition coefficient (Wildman–Crippen LogP) is 0.0975. The van der Waals surface area contributed by atoms with Crippen molar-refractivity contribution in [3.05, 3.63) is 18.1 Å². The second-order valence-electron chi connectivity index (χ2n) is 6.66. The van der Waals surface area contributed by atoms with Gasteiger partial charge in [-0.05, 0) is 12.8 Å². The van der Waals surface area contributed by atoms with E-state index in [4.69, 9.17) is 0 Å². The van der Waals surface area contributed by atoms with Crippen LogP contribution in [-0.4, -0.2) is 73.5 Å². The highest BCUT2D eigenvalue weighted by Gasteiger charge is 2.42. The molecule has 0 spiro atoms. The van der Waals surface area contributed by atoms with Crippen LogP contribution in [-0.2, 0) is 14.8 Å². The molecule has 1 amide bonds. The molecule has 2 aliphatic heterocycles. The van der Waals surface area contributed by atoms with E-state index < -0.39 is 10.0 Å². The molecule has 0 N–H and O–H groups in total. The summed E-state index contributed by atoms with van der Waals surface area (Å²) in [5, 5.41) is 0. The maximum absolute atomic E-state index is 12.7. The number of amides is 1. The van der Waals surface area contributed by atoms with Crippen LogP contribution in [0.3, 0.4) is 0 Å². The highest BCUT2D eigenvalue weighted by molar-refractivity contribution is 7.88. The van der Waals surface area contributed by atoms with Crippen LogP contribution in [0.4, 0.5) is 5.82 Å². The molecular weight excluding hydrogens is 330 g/mol. The number of carbonyl (C=O) groups is 1. The molecule has 24 heavy (non-hydrogen) atoms. The average molecular weight is 353 g/mol. The molecular formula is C15H23N5O3S. The van der Waals surface area contributed by atoms with Gasteiger partial charge in [-0.2, -0.15) is 0 Å². The van der Waals surface area contributed by atoms with Crippen molar-refractivity contribution < 1.29 is 13.2 Å². The zero-order valence-corrected chi connectivity index (χ0v) is 15.0. The van der Waals surface area contributed by atoms with E-state index in [0.29, 0.717) is 6.54 Å². The van der Waals surface area contributed by atoms with Crippen LogP contribution in [0.15, 0.2) is 12.4 Å². The Balaban J connectivity index is 1.72. The van der Waals surface area contributed by atoms with Crippen molar-refractivity contribution in [2.45, 2.75) is 18.9 Å². The third-order valence-corrected chi connectivity index (χ3v) is 5.88. The van der Waals surface area contributed by atoms with E-state index in [2.05, 4.69) is 9.97 Å². The smallest absolute Gasteiger partial charge is 0.228 e. The minimum Gasteiger partial charge on any atom is -0.361 e. The van der Waals surface area contributed by atoms with Crippen LogP contribution < -0.4 is 4.90 Å². The molecule has 0 unspecified atom stereocenters. The third kappa shape index (κ3) is 3.23. The van der Waals surface area contributed by atoms with Gasteiger partial charge in [0.2, 0.25) is 15.9 Å².